The van der Waals surface area contributed by atoms with Crippen molar-refractivity contribution >= 4 is 26.7 Å². The summed E-state index contributed by atoms with van der Waals surface area (Å²) < 4.78 is 14.4. The zero-order valence-electron chi connectivity index (χ0n) is 11.5. The number of nitrogens with one attached hydrogen (secondary N) is 1. The maximum atomic E-state index is 13.7. The molecule has 106 valence electrons. The molecule has 1 heterocycles. The Bertz CT molecular complexity index is 763. The normalized spacial score (nSPS) is 12.5. The van der Waals surface area contributed by atoms with Gasteiger partial charge in [-0.05, 0) is 41.8 Å². The average molecular weight is 345 g/mol. The zero-order valence-corrected chi connectivity index (χ0v) is 13.1. The first-order chi connectivity index (χ1) is 10.2. The molecule has 2 aromatic carbocycles. The number of hydrogen-bond acceptors (Lipinski definition) is 2. The summed E-state index contributed by atoms with van der Waals surface area (Å²) >= 11 is 3.35. The third-order valence-electron chi connectivity index (χ3n) is 3.52. The smallest absolute Gasteiger partial charge is 0.124 e. The van der Waals surface area contributed by atoms with Crippen LogP contribution in [0, 0.1) is 5.82 Å². The molecule has 0 saturated heterocycles. The summed E-state index contributed by atoms with van der Waals surface area (Å²) in [5, 5.41) is 5.45. The van der Waals surface area contributed by atoms with Crippen molar-refractivity contribution in [1.82, 2.24) is 10.3 Å². The molecule has 0 aliphatic heterocycles. The van der Waals surface area contributed by atoms with Gasteiger partial charge in [0.2, 0.25) is 0 Å². The van der Waals surface area contributed by atoms with Gasteiger partial charge in [0.15, 0.2) is 0 Å². The second-order valence-corrected chi connectivity index (χ2v) is 5.79. The second kappa shape index (κ2) is 5.92. The molecule has 1 aromatic heterocycles. The monoisotopic (exact) mass is 344 g/mol. The van der Waals surface area contributed by atoms with Crippen molar-refractivity contribution in [2.45, 2.75) is 6.04 Å². The number of pyridine rings is 1. The van der Waals surface area contributed by atoms with E-state index in [-0.39, 0.29) is 11.9 Å². The van der Waals surface area contributed by atoms with E-state index in [1.807, 2.05) is 43.7 Å². The largest absolute Gasteiger partial charge is 0.309 e. The number of fused-ring (bicyclic) bond motifs is 1. The molecule has 4 heteroatoms. The number of hydrogen-bond donors (Lipinski definition) is 1. The van der Waals surface area contributed by atoms with Crippen molar-refractivity contribution < 1.29 is 4.39 Å². The van der Waals surface area contributed by atoms with Crippen molar-refractivity contribution in [2.24, 2.45) is 0 Å². The van der Waals surface area contributed by atoms with Crippen LogP contribution in [-0.4, -0.2) is 12.0 Å². The van der Waals surface area contributed by atoms with E-state index in [9.17, 15) is 4.39 Å². The number of rotatable bonds is 3. The fraction of sp³-hybridized carbons (Fsp3) is 0.118. The van der Waals surface area contributed by atoms with E-state index in [0.717, 1.165) is 26.4 Å². The Labute approximate surface area is 131 Å². The molecule has 0 aliphatic carbocycles. The lowest BCUT2D eigenvalue weighted by atomic mass is 9.96. The highest BCUT2D eigenvalue weighted by atomic mass is 79.9. The summed E-state index contributed by atoms with van der Waals surface area (Å²) in [6, 6.07) is 12.9. The van der Waals surface area contributed by atoms with Gasteiger partial charge in [0.05, 0.1) is 6.04 Å². The lowest BCUT2D eigenvalue weighted by molar-refractivity contribution is 0.616. The molecule has 21 heavy (non-hydrogen) atoms. The van der Waals surface area contributed by atoms with Gasteiger partial charge in [0.1, 0.15) is 5.82 Å². The summed E-state index contributed by atoms with van der Waals surface area (Å²) in [7, 11) is 1.87. The summed E-state index contributed by atoms with van der Waals surface area (Å²) in [4.78, 5) is 4.31. The summed E-state index contributed by atoms with van der Waals surface area (Å²) in [6.45, 7) is 0. The number of nitrogens with zero attached hydrogens (tertiary/aromatic N) is 1. The molecule has 0 fully saturated rings. The van der Waals surface area contributed by atoms with E-state index >= 15 is 0 Å². The molecular formula is C17H14BrFN2. The first-order valence-electron chi connectivity index (χ1n) is 6.65. The van der Waals surface area contributed by atoms with Gasteiger partial charge < -0.3 is 5.32 Å². The molecule has 0 bridgehead atoms. The van der Waals surface area contributed by atoms with Crippen LogP contribution >= 0.6 is 15.9 Å². The van der Waals surface area contributed by atoms with E-state index in [1.165, 1.54) is 6.07 Å². The Balaban J connectivity index is 2.18. The van der Waals surface area contributed by atoms with Gasteiger partial charge in [0.25, 0.3) is 0 Å². The zero-order chi connectivity index (χ0) is 14.8. The van der Waals surface area contributed by atoms with Crippen molar-refractivity contribution in [3.63, 3.8) is 0 Å². The maximum Gasteiger partial charge on any atom is 0.124 e. The van der Waals surface area contributed by atoms with Crippen LogP contribution in [0.5, 0.6) is 0 Å². The fourth-order valence-corrected chi connectivity index (χ4v) is 3.10. The molecule has 1 atom stereocenters. The molecule has 2 nitrogen and oxygen atoms in total. The van der Waals surface area contributed by atoms with Crippen LogP contribution in [0.3, 0.4) is 0 Å². The van der Waals surface area contributed by atoms with Crippen LogP contribution < -0.4 is 5.32 Å². The summed E-state index contributed by atoms with van der Waals surface area (Å²) in [5.74, 6) is -0.257. The Kier molecular flexibility index (Phi) is 3.99. The SMILES string of the molecule is CNC(c1cc(F)cc(Br)c1)c1cncc2ccccc12. The summed E-state index contributed by atoms with van der Waals surface area (Å²) in [5.41, 5.74) is 1.90. The quantitative estimate of drug-likeness (QED) is 0.759. The van der Waals surface area contributed by atoms with Crippen molar-refractivity contribution in [2.75, 3.05) is 7.05 Å². The third kappa shape index (κ3) is 2.82. The highest BCUT2D eigenvalue weighted by Crippen LogP contribution is 2.29. The lowest BCUT2D eigenvalue weighted by Crippen LogP contribution is -2.18. The molecule has 0 amide bonds. The maximum absolute atomic E-state index is 13.7. The van der Waals surface area contributed by atoms with E-state index in [4.69, 9.17) is 0 Å². The second-order valence-electron chi connectivity index (χ2n) is 4.87. The fourth-order valence-electron chi connectivity index (χ4n) is 2.61. The van der Waals surface area contributed by atoms with E-state index in [0.29, 0.717) is 0 Å². The van der Waals surface area contributed by atoms with Gasteiger partial charge in [-0.15, -0.1) is 0 Å². The molecule has 3 aromatic rings. The first kappa shape index (κ1) is 14.2. The molecule has 1 N–H and O–H groups in total. The Morgan fingerprint density at radius 2 is 1.95 bits per heavy atom. The molecular weight excluding hydrogens is 331 g/mol. The molecule has 0 saturated carbocycles. The Morgan fingerprint density at radius 3 is 2.71 bits per heavy atom. The molecule has 0 spiro atoms. The van der Waals surface area contributed by atoms with E-state index in [1.54, 1.807) is 6.07 Å². The minimum Gasteiger partial charge on any atom is -0.309 e. The van der Waals surface area contributed by atoms with Crippen LogP contribution in [-0.2, 0) is 0 Å². The third-order valence-corrected chi connectivity index (χ3v) is 3.97. The van der Waals surface area contributed by atoms with Gasteiger partial charge in [-0.3, -0.25) is 4.98 Å². The number of benzene rings is 2. The van der Waals surface area contributed by atoms with Gasteiger partial charge in [-0.25, -0.2) is 4.39 Å². The van der Waals surface area contributed by atoms with Gasteiger partial charge in [-0.2, -0.15) is 0 Å². The molecule has 0 radical (unpaired) electrons. The number of aromatic nitrogens is 1. The average Bonchev–Trinajstić information content (AvgIpc) is 2.47. The predicted octanol–water partition coefficient (Wildman–Crippen LogP) is 4.45. The first-order valence-corrected chi connectivity index (χ1v) is 7.44. The van der Waals surface area contributed by atoms with Crippen LogP contribution in [0.1, 0.15) is 17.2 Å². The number of halogens is 2. The highest BCUT2D eigenvalue weighted by Gasteiger charge is 2.16. The minimum atomic E-state index is -0.257. The Hall–Kier alpha value is -1.78. The van der Waals surface area contributed by atoms with Gasteiger partial charge in [-0.1, -0.05) is 40.2 Å². The van der Waals surface area contributed by atoms with Gasteiger partial charge in [0, 0.05) is 22.3 Å². The van der Waals surface area contributed by atoms with E-state index < -0.39 is 0 Å². The van der Waals surface area contributed by atoms with Gasteiger partial charge >= 0.3 is 0 Å². The standard InChI is InChI=1S/C17H14BrFN2/c1-20-17(12-6-13(18)8-14(19)7-12)16-10-21-9-11-4-2-3-5-15(11)16/h2-10,17,20H,1H3. The molecule has 0 aliphatic rings. The van der Waals surface area contributed by atoms with Crippen molar-refractivity contribution in [3.8, 4) is 0 Å². The predicted molar refractivity (Wildman–Crippen MR) is 86.7 cm³/mol. The highest BCUT2D eigenvalue weighted by molar-refractivity contribution is 9.10. The summed E-state index contributed by atoms with van der Waals surface area (Å²) in [6.07, 6.45) is 3.68. The molecule has 3 rings (SSSR count). The topological polar surface area (TPSA) is 24.9 Å². The van der Waals surface area contributed by atoms with Crippen LogP contribution in [0.15, 0.2) is 59.3 Å². The molecule has 1 unspecified atom stereocenters. The minimum absolute atomic E-state index is 0.115. The lowest BCUT2D eigenvalue weighted by Gasteiger charge is -2.19. The van der Waals surface area contributed by atoms with Crippen LogP contribution in [0.25, 0.3) is 10.8 Å². The van der Waals surface area contributed by atoms with Crippen LogP contribution in [0.4, 0.5) is 4.39 Å². The van der Waals surface area contributed by atoms with Crippen molar-refractivity contribution in [3.05, 3.63) is 76.3 Å². The Morgan fingerprint density at radius 1 is 1.14 bits per heavy atom. The van der Waals surface area contributed by atoms with Crippen LogP contribution in [0.2, 0.25) is 0 Å². The van der Waals surface area contributed by atoms with Crippen molar-refractivity contribution in [1.29, 1.82) is 0 Å². The van der Waals surface area contributed by atoms with E-state index in [2.05, 4.69) is 32.3 Å².